The molecule has 3 heterocycles. The number of aliphatic hydroxyl groups is 1. The van der Waals surface area contributed by atoms with Crippen LogP contribution >= 0.6 is 36.2 Å². The van der Waals surface area contributed by atoms with Gasteiger partial charge in [0.15, 0.2) is 0 Å². The molecular formula is C16H22Cl2N4O2S. The number of aromatic nitrogens is 2. The number of aliphatic hydroxyl groups excluding tert-OH is 1. The fourth-order valence-electron chi connectivity index (χ4n) is 3.76. The van der Waals surface area contributed by atoms with E-state index in [0.717, 1.165) is 36.5 Å². The van der Waals surface area contributed by atoms with E-state index in [0.29, 0.717) is 17.4 Å². The number of hydrogen-bond donors (Lipinski definition) is 4. The molecule has 2 aromatic heterocycles. The van der Waals surface area contributed by atoms with Gasteiger partial charge in [-0.2, -0.15) is 5.10 Å². The van der Waals surface area contributed by atoms with Gasteiger partial charge in [-0.05, 0) is 49.2 Å². The van der Waals surface area contributed by atoms with E-state index in [4.69, 9.17) is 0 Å². The summed E-state index contributed by atoms with van der Waals surface area (Å²) in [5.41, 5.74) is 1.27. The van der Waals surface area contributed by atoms with E-state index < -0.39 is 6.10 Å². The molecule has 0 bridgehead atoms. The molecule has 138 valence electrons. The average Bonchev–Trinajstić information content (AvgIpc) is 3.27. The van der Waals surface area contributed by atoms with Crippen molar-refractivity contribution in [1.29, 1.82) is 0 Å². The van der Waals surface area contributed by atoms with Crippen molar-refractivity contribution in [3.8, 4) is 10.6 Å². The number of carbonyl (C=O) groups is 1. The molecule has 2 fully saturated rings. The van der Waals surface area contributed by atoms with Crippen LogP contribution in [0.1, 0.15) is 23.2 Å². The zero-order valence-corrected chi connectivity index (χ0v) is 15.9. The summed E-state index contributed by atoms with van der Waals surface area (Å²) in [6.45, 7) is 1.96. The summed E-state index contributed by atoms with van der Waals surface area (Å²) in [5, 5.41) is 25.6. The Balaban J connectivity index is 0.00000113. The highest BCUT2D eigenvalue weighted by atomic mass is 35.5. The van der Waals surface area contributed by atoms with Gasteiger partial charge in [-0.15, -0.1) is 36.2 Å². The molecule has 25 heavy (non-hydrogen) atoms. The van der Waals surface area contributed by atoms with Gasteiger partial charge in [0.05, 0.1) is 34.5 Å². The van der Waals surface area contributed by atoms with Crippen LogP contribution in [0.5, 0.6) is 0 Å². The maximum absolute atomic E-state index is 12.6. The second-order valence-electron chi connectivity index (χ2n) is 6.43. The third-order valence-corrected chi connectivity index (χ3v) is 5.90. The molecule has 1 aliphatic heterocycles. The number of fused-ring (bicyclic) bond motifs is 1. The number of amides is 1. The lowest BCUT2D eigenvalue weighted by Crippen LogP contribution is -2.49. The third-order valence-electron chi connectivity index (χ3n) is 5.01. The van der Waals surface area contributed by atoms with E-state index >= 15 is 0 Å². The van der Waals surface area contributed by atoms with Crippen molar-refractivity contribution in [3.63, 3.8) is 0 Å². The minimum absolute atomic E-state index is 0. The molecule has 4 atom stereocenters. The monoisotopic (exact) mass is 404 g/mol. The number of hydrogen-bond acceptors (Lipinski definition) is 5. The van der Waals surface area contributed by atoms with Crippen LogP contribution in [-0.2, 0) is 0 Å². The smallest absolute Gasteiger partial charge is 0.255 e. The van der Waals surface area contributed by atoms with Crippen molar-refractivity contribution in [2.75, 3.05) is 13.1 Å². The maximum atomic E-state index is 12.6. The van der Waals surface area contributed by atoms with Crippen LogP contribution in [0.3, 0.4) is 0 Å². The second-order valence-corrected chi connectivity index (χ2v) is 7.38. The summed E-state index contributed by atoms with van der Waals surface area (Å²) in [6.07, 6.45) is 2.67. The molecule has 4 rings (SSSR count). The van der Waals surface area contributed by atoms with Crippen LogP contribution in [0.25, 0.3) is 10.6 Å². The largest absolute Gasteiger partial charge is 0.391 e. The Morgan fingerprint density at radius 2 is 2.04 bits per heavy atom. The Kier molecular flexibility index (Phi) is 6.87. The normalized spacial score (nSPS) is 27.7. The molecule has 0 radical (unpaired) electrons. The Bertz CT molecular complexity index is 694. The predicted octanol–water partition coefficient (Wildman–Crippen LogP) is 2.07. The van der Waals surface area contributed by atoms with E-state index in [9.17, 15) is 9.90 Å². The topological polar surface area (TPSA) is 90.0 Å². The van der Waals surface area contributed by atoms with Crippen LogP contribution in [0.15, 0.2) is 23.7 Å². The molecule has 9 heteroatoms. The zero-order valence-electron chi connectivity index (χ0n) is 13.5. The highest BCUT2D eigenvalue weighted by Crippen LogP contribution is 2.33. The van der Waals surface area contributed by atoms with Gasteiger partial charge >= 0.3 is 0 Å². The summed E-state index contributed by atoms with van der Waals surface area (Å²) < 4.78 is 0. The van der Waals surface area contributed by atoms with Crippen molar-refractivity contribution < 1.29 is 9.90 Å². The van der Waals surface area contributed by atoms with Crippen LogP contribution in [0.2, 0.25) is 0 Å². The first-order chi connectivity index (χ1) is 11.2. The quantitative estimate of drug-likeness (QED) is 0.630. The molecule has 1 aliphatic carbocycles. The van der Waals surface area contributed by atoms with Crippen LogP contribution < -0.4 is 10.6 Å². The van der Waals surface area contributed by atoms with E-state index in [1.54, 1.807) is 17.5 Å². The molecule has 1 saturated carbocycles. The van der Waals surface area contributed by atoms with Crippen LogP contribution in [0.4, 0.5) is 0 Å². The molecule has 2 aliphatic rings. The second kappa shape index (κ2) is 8.51. The van der Waals surface area contributed by atoms with Crippen molar-refractivity contribution in [2.24, 2.45) is 11.8 Å². The first-order valence-corrected chi connectivity index (χ1v) is 8.87. The van der Waals surface area contributed by atoms with Gasteiger partial charge in [-0.25, -0.2) is 0 Å². The minimum Gasteiger partial charge on any atom is -0.391 e. The number of thiophene rings is 1. The first kappa shape index (κ1) is 20.2. The Labute approximate surface area is 162 Å². The lowest BCUT2D eigenvalue weighted by Gasteiger charge is -2.35. The van der Waals surface area contributed by atoms with E-state index in [1.165, 1.54) is 0 Å². The lowest BCUT2D eigenvalue weighted by molar-refractivity contribution is 0.0462. The van der Waals surface area contributed by atoms with Crippen molar-refractivity contribution in [3.05, 3.63) is 29.3 Å². The summed E-state index contributed by atoms with van der Waals surface area (Å²) in [4.78, 5) is 13.6. The fourth-order valence-corrected chi connectivity index (χ4v) is 4.50. The number of rotatable bonds is 3. The average molecular weight is 405 g/mol. The number of aromatic amines is 1. The Morgan fingerprint density at radius 3 is 2.76 bits per heavy atom. The molecule has 0 unspecified atom stereocenters. The molecule has 4 N–H and O–H groups in total. The summed E-state index contributed by atoms with van der Waals surface area (Å²) in [5.74, 6) is 0.911. The number of H-pyrrole nitrogens is 1. The molecule has 6 nitrogen and oxygen atoms in total. The molecule has 0 aromatic carbocycles. The van der Waals surface area contributed by atoms with E-state index in [1.807, 2.05) is 17.5 Å². The highest BCUT2D eigenvalue weighted by Gasteiger charge is 2.39. The number of nitrogens with zero attached hydrogens (tertiary/aromatic N) is 1. The van der Waals surface area contributed by atoms with Gasteiger partial charge in [0.1, 0.15) is 0 Å². The summed E-state index contributed by atoms with van der Waals surface area (Å²) in [6, 6.07) is 3.72. The standard InChI is InChI=1S/C16H20N4O2S.2ClH/c21-13-5-10-7-17-6-9(10)4-12(13)19-16(22)11-8-18-20-15(11)14-2-1-3-23-14;;/h1-3,8-10,12-13,17,21H,4-7H2,(H,18,20)(H,19,22);2*1H/t9-,10+,12-,13-;;/m0../s1. The van der Waals surface area contributed by atoms with E-state index in [2.05, 4.69) is 20.8 Å². The number of carbonyl (C=O) groups excluding carboxylic acids is 1. The maximum Gasteiger partial charge on any atom is 0.255 e. The zero-order chi connectivity index (χ0) is 15.8. The minimum atomic E-state index is -0.475. The Hall–Kier alpha value is -1.12. The predicted molar refractivity (Wildman–Crippen MR) is 103 cm³/mol. The molecule has 1 amide bonds. The number of nitrogens with one attached hydrogen (secondary N) is 3. The van der Waals surface area contributed by atoms with Gasteiger partial charge in [0, 0.05) is 0 Å². The van der Waals surface area contributed by atoms with Crippen LogP contribution in [0, 0.1) is 11.8 Å². The van der Waals surface area contributed by atoms with Gasteiger partial charge in [-0.1, -0.05) is 6.07 Å². The molecule has 2 aromatic rings. The lowest BCUT2D eigenvalue weighted by atomic mass is 9.77. The van der Waals surface area contributed by atoms with Gasteiger partial charge in [-0.3, -0.25) is 9.89 Å². The summed E-state index contributed by atoms with van der Waals surface area (Å²) >= 11 is 1.56. The van der Waals surface area contributed by atoms with Crippen LogP contribution in [-0.4, -0.2) is 46.4 Å². The highest BCUT2D eigenvalue weighted by molar-refractivity contribution is 7.13. The molecule has 1 saturated heterocycles. The van der Waals surface area contributed by atoms with Crippen molar-refractivity contribution in [1.82, 2.24) is 20.8 Å². The number of halogens is 2. The van der Waals surface area contributed by atoms with Gasteiger partial charge in [0.25, 0.3) is 5.91 Å². The first-order valence-electron chi connectivity index (χ1n) is 7.99. The van der Waals surface area contributed by atoms with Gasteiger partial charge in [0.2, 0.25) is 0 Å². The molecular weight excluding hydrogens is 383 g/mol. The van der Waals surface area contributed by atoms with Crippen molar-refractivity contribution >= 4 is 42.1 Å². The summed E-state index contributed by atoms with van der Waals surface area (Å²) in [7, 11) is 0. The third kappa shape index (κ3) is 4.01. The van der Waals surface area contributed by atoms with E-state index in [-0.39, 0.29) is 36.8 Å². The SMILES string of the molecule is Cl.Cl.O=C(N[C@H]1C[C@H]2CNC[C@H]2C[C@@H]1O)c1cn[nH]c1-c1cccs1. The van der Waals surface area contributed by atoms with Gasteiger partial charge < -0.3 is 15.7 Å². The molecule has 0 spiro atoms. The van der Waals surface area contributed by atoms with Crippen molar-refractivity contribution in [2.45, 2.75) is 25.0 Å². The fraction of sp³-hybridized carbons (Fsp3) is 0.500. The Morgan fingerprint density at radius 1 is 1.28 bits per heavy atom.